The summed E-state index contributed by atoms with van der Waals surface area (Å²) in [6, 6.07) is 18.0. The molecule has 3 aromatic carbocycles. The minimum Gasteiger partial charge on any atom is -0.351 e. The fraction of sp³-hybridized carbons (Fsp3) is 0.296. The van der Waals surface area contributed by atoms with Crippen LogP contribution in [0.25, 0.3) is 0 Å². The van der Waals surface area contributed by atoms with Gasteiger partial charge in [-0.1, -0.05) is 42.0 Å². The molecule has 0 radical (unpaired) electrons. The molecule has 38 heavy (non-hydrogen) atoms. The van der Waals surface area contributed by atoms with Gasteiger partial charge in [0.2, 0.25) is 26.0 Å². The Hall–Kier alpha value is -3.12. The zero-order chi connectivity index (χ0) is 27.3. The summed E-state index contributed by atoms with van der Waals surface area (Å²) in [5.41, 5.74) is 2.10. The number of sulfonamides is 2. The number of aryl methyl sites for hydroxylation is 1. The van der Waals surface area contributed by atoms with Crippen molar-refractivity contribution >= 4 is 26.0 Å². The molecular formula is C27H30FN3O5S2. The van der Waals surface area contributed by atoms with Crippen molar-refractivity contribution in [3.8, 4) is 0 Å². The van der Waals surface area contributed by atoms with E-state index in [0.717, 1.165) is 22.7 Å². The van der Waals surface area contributed by atoms with Gasteiger partial charge in [-0.25, -0.2) is 21.2 Å². The van der Waals surface area contributed by atoms with Crippen LogP contribution >= 0.6 is 0 Å². The second kappa shape index (κ2) is 11.7. The predicted molar refractivity (Wildman–Crippen MR) is 141 cm³/mol. The van der Waals surface area contributed by atoms with Crippen LogP contribution < -0.4 is 5.32 Å². The van der Waals surface area contributed by atoms with Crippen molar-refractivity contribution in [2.75, 3.05) is 19.6 Å². The first kappa shape index (κ1) is 27.9. The van der Waals surface area contributed by atoms with E-state index >= 15 is 0 Å². The SMILES string of the molecule is Cc1ccc(S(=O)(=O)N(CC(=O)NCc2ccc(S(=O)(=O)N3CCCC3)cc2)Cc2ccc(F)cc2)cc1. The molecule has 1 fully saturated rings. The van der Waals surface area contributed by atoms with E-state index in [-0.39, 0.29) is 22.9 Å². The number of nitrogens with zero attached hydrogens (tertiary/aromatic N) is 2. The van der Waals surface area contributed by atoms with Crippen LogP contribution in [0.2, 0.25) is 0 Å². The number of amides is 1. The Morgan fingerprint density at radius 1 is 0.842 bits per heavy atom. The molecule has 0 atom stereocenters. The lowest BCUT2D eigenvalue weighted by atomic mass is 10.2. The van der Waals surface area contributed by atoms with Crippen LogP contribution in [0.5, 0.6) is 0 Å². The van der Waals surface area contributed by atoms with E-state index in [1.54, 1.807) is 24.3 Å². The van der Waals surface area contributed by atoms with Gasteiger partial charge in [-0.05, 0) is 67.3 Å². The molecule has 1 aliphatic heterocycles. The van der Waals surface area contributed by atoms with Crippen molar-refractivity contribution in [2.45, 2.75) is 42.6 Å². The van der Waals surface area contributed by atoms with Crippen LogP contribution in [-0.4, -0.2) is 51.0 Å². The highest BCUT2D eigenvalue weighted by Gasteiger charge is 2.28. The lowest BCUT2D eigenvalue weighted by Crippen LogP contribution is -2.40. The second-order valence-electron chi connectivity index (χ2n) is 9.24. The van der Waals surface area contributed by atoms with Crippen molar-refractivity contribution in [3.63, 3.8) is 0 Å². The molecule has 0 aromatic heterocycles. The van der Waals surface area contributed by atoms with E-state index in [0.29, 0.717) is 24.2 Å². The Bertz CT molecular complexity index is 1470. The average Bonchev–Trinajstić information content (AvgIpc) is 3.45. The van der Waals surface area contributed by atoms with Gasteiger partial charge in [0.1, 0.15) is 5.82 Å². The summed E-state index contributed by atoms with van der Waals surface area (Å²) in [4.78, 5) is 13.1. The quantitative estimate of drug-likeness (QED) is 0.410. The lowest BCUT2D eigenvalue weighted by Gasteiger charge is -2.22. The number of halogens is 1. The number of benzene rings is 3. The zero-order valence-corrected chi connectivity index (χ0v) is 22.6. The Balaban J connectivity index is 1.45. The number of nitrogens with one attached hydrogen (secondary N) is 1. The minimum atomic E-state index is -4.03. The fourth-order valence-corrected chi connectivity index (χ4v) is 7.05. The smallest absolute Gasteiger partial charge is 0.243 e. The largest absolute Gasteiger partial charge is 0.351 e. The highest BCUT2D eigenvalue weighted by Crippen LogP contribution is 2.22. The first-order chi connectivity index (χ1) is 18.1. The third-order valence-electron chi connectivity index (χ3n) is 6.37. The number of hydrogen-bond donors (Lipinski definition) is 1. The summed E-state index contributed by atoms with van der Waals surface area (Å²) in [5, 5.41) is 2.71. The predicted octanol–water partition coefficient (Wildman–Crippen LogP) is 3.43. The number of rotatable bonds is 10. The molecule has 1 N–H and O–H groups in total. The molecule has 0 unspecified atom stereocenters. The monoisotopic (exact) mass is 559 g/mol. The van der Waals surface area contributed by atoms with E-state index < -0.39 is 38.3 Å². The van der Waals surface area contributed by atoms with Gasteiger partial charge in [0, 0.05) is 26.2 Å². The molecule has 0 spiro atoms. The third kappa shape index (κ3) is 6.65. The van der Waals surface area contributed by atoms with E-state index in [1.807, 2.05) is 6.92 Å². The summed E-state index contributed by atoms with van der Waals surface area (Å²) in [7, 11) is -7.56. The van der Waals surface area contributed by atoms with E-state index in [4.69, 9.17) is 0 Å². The van der Waals surface area contributed by atoms with Gasteiger partial charge in [-0.3, -0.25) is 4.79 Å². The number of carbonyl (C=O) groups excluding carboxylic acids is 1. The normalized spacial score (nSPS) is 14.6. The summed E-state index contributed by atoms with van der Waals surface area (Å²) in [6.07, 6.45) is 1.70. The van der Waals surface area contributed by atoms with Gasteiger partial charge in [0.25, 0.3) is 0 Å². The molecule has 1 saturated heterocycles. The molecule has 1 amide bonds. The Morgan fingerprint density at radius 3 is 2.00 bits per heavy atom. The van der Waals surface area contributed by atoms with E-state index in [2.05, 4.69) is 5.32 Å². The third-order valence-corrected chi connectivity index (χ3v) is 10.1. The Kier molecular flexibility index (Phi) is 8.61. The van der Waals surface area contributed by atoms with Crippen molar-refractivity contribution in [1.29, 1.82) is 0 Å². The maximum Gasteiger partial charge on any atom is 0.243 e. The topological polar surface area (TPSA) is 104 Å². The molecule has 0 bridgehead atoms. The molecule has 4 rings (SSSR count). The number of carbonyl (C=O) groups is 1. The molecule has 8 nitrogen and oxygen atoms in total. The average molecular weight is 560 g/mol. The molecule has 1 heterocycles. The molecule has 3 aromatic rings. The van der Waals surface area contributed by atoms with Crippen LogP contribution in [-0.2, 0) is 37.9 Å². The maximum atomic E-state index is 13.4. The van der Waals surface area contributed by atoms with Crippen LogP contribution in [0.4, 0.5) is 4.39 Å². The Labute approximate surface area is 223 Å². The minimum absolute atomic E-state index is 0.0489. The molecule has 0 aliphatic carbocycles. The number of hydrogen-bond acceptors (Lipinski definition) is 5. The van der Waals surface area contributed by atoms with E-state index in [1.165, 1.54) is 52.8 Å². The summed E-state index contributed by atoms with van der Waals surface area (Å²) in [5.74, 6) is -0.977. The summed E-state index contributed by atoms with van der Waals surface area (Å²) in [6.45, 7) is 2.40. The van der Waals surface area contributed by atoms with Crippen molar-refractivity contribution < 1.29 is 26.0 Å². The lowest BCUT2D eigenvalue weighted by molar-refractivity contribution is -0.121. The van der Waals surface area contributed by atoms with Gasteiger partial charge in [0.15, 0.2) is 0 Å². The van der Waals surface area contributed by atoms with Crippen LogP contribution in [0.1, 0.15) is 29.5 Å². The van der Waals surface area contributed by atoms with Gasteiger partial charge in [-0.15, -0.1) is 0 Å². The van der Waals surface area contributed by atoms with Crippen molar-refractivity contribution in [2.24, 2.45) is 0 Å². The van der Waals surface area contributed by atoms with Crippen LogP contribution in [0.3, 0.4) is 0 Å². The standard InChI is InChI=1S/C27H30FN3O5S2/c1-21-4-12-25(13-5-21)38(35,36)31(19-23-6-10-24(28)11-7-23)20-27(32)29-18-22-8-14-26(15-9-22)37(33,34)30-16-2-3-17-30/h4-15H,2-3,16-20H2,1H3,(H,29,32). The Morgan fingerprint density at radius 2 is 1.39 bits per heavy atom. The fourth-order valence-electron chi connectivity index (χ4n) is 4.15. The van der Waals surface area contributed by atoms with Crippen LogP contribution in [0.15, 0.2) is 82.6 Å². The highest BCUT2D eigenvalue weighted by atomic mass is 32.2. The van der Waals surface area contributed by atoms with Gasteiger partial charge in [0.05, 0.1) is 16.3 Å². The first-order valence-electron chi connectivity index (χ1n) is 12.2. The molecular weight excluding hydrogens is 529 g/mol. The van der Waals surface area contributed by atoms with Crippen LogP contribution in [0, 0.1) is 12.7 Å². The highest BCUT2D eigenvalue weighted by molar-refractivity contribution is 7.89. The van der Waals surface area contributed by atoms with Crippen molar-refractivity contribution in [3.05, 3.63) is 95.3 Å². The van der Waals surface area contributed by atoms with Gasteiger partial charge < -0.3 is 5.32 Å². The first-order valence-corrected chi connectivity index (χ1v) is 15.1. The summed E-state index contributed by atoms with van der Waals surface area (Å²) >= 11 is 0. The van der Waals surface area contributed by atoms with Crippen molar-refractivity contribution in [1.82, 2.24) is 13.9 Å². The zero-order valence-electron chi connectivity index (χ0n) is 21.0. The molecule has 1 aliphatic rings. The van der Waals surface area contributed by atoms with Gasteiger partial charge in [-0.2, -0.15) is 8.61 Å². The molecule has 0 saturated carbocycles. The molecule has 202 valence electrons. The second-order valence-corrected chi connectivity index (χ2v) is 13.1. The maximum absolute atomic E-state index is 13.4. The van der Waals surface area contributed by atoms with E-state index in [9.17, 15) is 26.0 Å². The summed E-state index contributed by atoms with van der Waals surface area (Å²) < 4.78 is 68.0. The van der Waals surface area contributed by atoms with Gasteiger partial charge >= 0.3 is 0 Å². The molecule has 11 heteroatoms.